The van der Waals surface area contributed by atoms with Crippen LogP contribution in [0, 0.1) is 0 Å². The normalized spacial score (nSPS) is 11.2. The number of aromatic nitrogens is 1. The first kappa shape index (κ1) is 21.4. The Morgan fingerprint density at radius 1 is 0.697 bits per heavy atom. The van der Waals surface area contributed by atoms with Crippen LogP contribution < -0.4 is 0 Å². The molecule has 0 N–H and O–H groups in total. The van der Waals surface area contributed by atoms with E-state index in [-0.39, 0.29) is 0 Å². The van der Waals surface area contributed by atoms with Gasteiger partial charge in [0.1, 0.15) is 0 Å². The lowest BCUT2D eigenvalue weighted by Crippen LogP contribution is -2.00. The minimum atomic E-state index is 0.701. The highest BCUT2D eigenvalue weighted by atomic mass is 79.9. The molecule has 5 rings (SSSR count). The zero-order chi connectivity index (χ0) is 22.6. The van der Waals surface area contributed by atoms with Crippen LogP contribution in [0.3, 0.4) is 0 Å². The van der Waals surface area contributed by atoms with Gasteiger partial charge in [-0.15, -0.1) is 0 Å². The van der Waals surface area contributed by atoms with Crippen LogP contribution in [0.5, 0.6) is 0 Å². The summed E-state index contributed by atoms with van der Waals surface area (Å²) >= 11 is 9.61. The van der Waals surface area contributed by atoms with Crippen molar-refractivity contribution in [1.82, 2.24) is 4.57 Å². The van der Waals surface area contributed by atoms with Crippen molar-refractivity contribution in [1.29, 1.82) is 0 Å². The second kappa shape index (κ2) is 9.62. The maximum Gasteiger partial charge on any atom is 0.0630 e. The van der Waals surface area contributed by atoms with Gasteiger partial charge in [-0.2, -0.15) is 0 Å². The molecule has 0 bridgehead atoms. The molecule has 1 aromatic heterocycles. The molecule has 0 amide bonds. The molecule has 2 nitrogen and oxygen atoms in total. The number of rotatable bonds is 5. The van der Waals surface area contributed by atoms with Crippen LogP contribution in [0.15, 0.2) is 125 Å². The zero-order valence-corrected chi connectivity index (χ0v) is 20.0. The third-order valence-electron chi connectivity index (χ3n) is 5.41. The third-order valence-corrected chi connectivity index (χ3v) is 6.19. The molecular formula is C29H20BrClN2. The van der Waals surface area contributed by atoms with Gasteiger partial charge < -0.3 is 4.57 Å². The Morgan fingerprint density at radius 2 is 1.30 bits per heavy atom. The fourth-order valence-electron chi connectivity index (χ4n) is 3.87. The molecule has 0 saturated heterocycles. The molecule has 1 heterocycles. The molecule has 0 aliphatic carbocycles. The first-order chi connectivity index (χ1) is 16.2. The standard InChI is InChI=1S/C29H20BrClN2/c30-24-11-17-27(18-12-24)33-28(21-7-3-1-4-8-21)19-23(29(33)22-9-5-2-6-10-22)20-32-26-15-13-25(31)14-16-26/h1-20H. The molecule has 0 aliphatic rings. The first-order valence-electron chi connectivity index (χ1n) is 10.6. The number of hydrogen-bond donors (Lipinski definition) is 0. The number of halogens is 2. The summed E-state index contributed by atoms with van der Waals surface area (Å²) in [5.74, 6) is 0. The van der Waals surface area contributed by atoms with E-state index in [1.165, 1.54) is 0 Å². The summed E-state index contributed by atoms with van der Waals surface area (Å²) in [5.41, 5.74) is 7.45. The van der Waals surface area contributed by atoms with Crippen molar-refractivity contribution >= 4 is 39.4 Å². The number of nitrogens with zero attached hydrogens (tertiary/aromatic N) is 2. The van der Waals surface area contributed by atoms with Gasteiger partial charge in [0, 0.05) is 27.0 Å². The van der Waals surface area contributed by atoms with Crippen LogP contribution in [0.2, 0.25) is 5.02 Å². The van der Waals surface area contributed by atoms with E-state index in [4.69, 9.17) is 16.6 Å². The maximum absolute atomic E-state index is 6.05. The van der Waals surface area contributed by atoms with E-state index in [0.29, 0.717) is 5.02 Å². The fourth-order valence-corrected chi connectivity index (χ4v) is 4.26. The topological polar surface area (TPSA) is 17.3 Å². The van der Waals surface area contributed by atoms with Gasteiger partial charge in [-0.05, 0) is 65.7 Å². The van der Waals surface area contributed by atoms with Gasteiger partial charge in [0.2, 0.25) is 0 Å². The quantitative estimate of drug-likeness (QED) is 0.209. The SMILES string of the molecule is Clc1ccc(N=Cc2cc(-c3ccccc3)n(-c3ccc(Br)cc3)c2-c2ccccc2)cc1. The van der Waals surface area contributed by atoms with Gasteiger partial charge in [-0.25, -0.2) is 0 Å². The van der Waals surface area contributed by atoms with Crippen molar-refractivity contribution in [2.75, 3.05) is 0 Å². The molecule has 0 atom stereocenters. The summed E-state index contributed by atoms with van der Waals surface area (Å²) in [6.07, 6.45) is 1.94. The molecule has 160 valence electrons. The van der Waals surface area contributed by atoms with Crippen molar-refractivity contribution < 1.29 is 0 Å². The van der Waals surface area contributed by atoms with Crippen LogP contribution in [-0.2, 0) is 0 Å². The molecule has 5 aromatic rings. The van der Waals surface area contributed by atoms with E-state index < -0.39 is 0 Å². The lowest BCUT2D eigenvalue weighted by atomic mass is 10.1. The van der Waals surface area contributed by atoms with Crippen LogP contribution >= 0.6 is 27.5 Å². The molecule has 0 radical (unpaired) electrons. The lowest BCUT2D eigenvalue weighted by molar-refractivity contribution is 1.09. The van der Waals surface area contributed by atoms with Crippen molar-refractivity contribution in [3.05, 3.63) is 130 Å². The smallest absolute Gasteiger partial charge is 0.0630 e. The van der Waals surface area contributed by atoms with Crippen molar-refractivity contribution in [3.63, 3.8) is 0 Å². The van der Waals surface area contributed by atoms with E-state index in [2.05, 4.69) is 99.4 Å². The summed E-state index contributed by atoms with van der Waals surface area (Å²) in [5, 5.41) is 0.701. The molecule has 0 unspecified atom stereocenters. The van der Waals surface area contributed by atoms with Crippen LogP contribution in [0.4, 0.5) is 5.69 Å². The Morgan fingerprint density at radius 3 is 1.94 bits per heavy atom. The second-order valence-electron chi connectivity index (χ2n) is 7.61. The maximum atomic E-state index is 6.05. The summed E-state index contributed by atoms with van der Waals surface area (Å²) < 4.78 is 3.35. The fraction of sp³-hybridized carbons (Fsp3) is 0. The molecule has 0 saturated carbocycles. The van der Waals surface area contributed by atoms with Crippen LogP contribution in [0.25, 0.3) is 28.2 Å². The van der Waals surface area contributed by atoms with Gasteiger partial charge in [0.25, 0.3) is 0 Å². The molecule has 33 heavy (non-hydrogen) atoms. The van der Waals surface area contributed by atoms with Gasteiger partial charge in [-0.3, -0.25) is 4.99 Å². The molecular weight excluding hydrogens is 492 g/mol. The minimum Gasteiger partial charge on any atom is -0.309 e. The third kappa shape index (κ3) is 4.70. The Balaban J connectivity index is 1.76. The van der Waals surface area contributed by atoms with Gasteiger partial charge in [0.05, 0.1) is 17.1 Å². The number of hydrogen-bond acceptors (Lipinski definition) is 1. The predicted molar refractivity (Wildman–Crippen MR) is 143 cm³/mol. The zero-order valence-electron chi connectivity index (χ0n) is 17.7. The van der Waals surface area contributed by atoms with E-state index in [1.807, 2.05) is 42.6 Å². The number of benzene rings is 4. The second-order valence-corrected chi connectivity index (χ2v) is 8.96. The van der Waals surface area contributed by atoms with Gasteiger partial charge in [-0.1, -0.05) is 88.2 Å². The van der Waals surface area contributed by atoms with E-state index in [1.54, 1.807) is 0 Å². The highest BCUT2D eigenvalue weighted by Gasteiger charge is 2.18. The molecule has 0 fully saturated rings. The van der Waals surface area contributed by atoms with Gasteiger partial charge in [0.15, 0.2) is 0 Å². The van der Waals surface area contributed by atoms with E-state index in [9.17, 15) is 0 Å². The van der Waals surface area contributed by atoms with Crippen molar-refractivity contribution in [3.8, 4) is 28.2 Å². The Labute approximate surface area is 207 Å². The average molecular weight is 512 g/mol. The summed E-state index contributed by atoms with van der Waals surface area (Å²) in [4.78, 5) is 4.76. The minimum absolute atomic E-state index is 0.701. The number of aliphatic imine (C=N–C) groups is 1. The largest absolute Gasteiger partial charge is 0.309 e. The Kier molecular flexibility index (Phi) is 6.25. The highest BCUT2D eigenvalue weighted by molar-refractivity contribution is 9.10. The van der Waals surface area contributed by atoms with Crippen LogP contribution in [0.1, 0.15) is 5.56 Å². The predicted octanol–water partition coefficient (Wildman–Crippen LogP) is 8.98. The first-order valence-corrected chi connectivity index (χ1v) is 11.8. The summed E-state index contributed by atoms with van der Waals surface area (Å²) in [6.45, 7) is 0. The van der Waals surface area contributed by atoms with Gasteiger partial charge >= 0.3 is 0 Å². The van der Waals surface area contributed by atoms with E-state index in [0.717, 1.165) is 43.9 Å². The summed E-state index contributed by atoms with van der Waals surface area (Å²) in [6, 6.07) is 39.1. The molecule has 0 spiro atoms. The monoisotopic (exact) mass is 510 g/mol. The molecule has 0 aliphatic heterocycles. The van der Waals surface area contributed by atoms with E-state index >= 15 is 0 Å². The lowest BCUT2D eigenvalue weighted by Gasteiger charge is -2.15. The van der Waals surface area contributed by atoms with Crippen molar-refractivity contribution in [2.45, 2.75) is 0 Å². The molecule has 4 aromatic carbocycles. The van der Waals surface area contributed by atoms with Crippen LogP contribution in [-0.4, -0.2) is 10.8 Å². The van der Waals surface area contributed by atoms with Crippen molar-refractivity contribution in [2.24, 2.45) is 4.99 Å². The Hall–Kier alpha value is -3.40. The summed E-state index contributed by atoms with van der Waals surface area (Å²) in [7, 11) is 0. The Bertz CT molecular complexity index is 1390. The highest BCUT2D eigenvalue weighted by Crippen LogP contribution is 2.36. The average Bonchev–Trinajstić information content (AvgIpc) is 3.25. The molecule has 4 heteroatoms.